The first-order chi connectivity index (χ1) is 10.0. The molecule has 0 aliphatic rings. The highest BCUT2D eigenvalue weighted by Crippen LogP contribution is 2.16. The Morgan fingerprint density at radius 1 is 1.33 bits per heavy atom. The van der Waals surface area contributed by atoms with Crippen molar-refractivity contribution in [3.63, 3.8) is 0 Å². The van der Waals surface area contributed by atoms with Crippen LogP contribution in [0.4, 0.5) is 14.9 Å². The number of ether oxygens (including phenoxy) is 1. The van der Waals surface area contributed by atoms with Crippen LogP contribution in [0.2, 0.25) is 0 Å². The molecule has 0 saturated heterocycles. The molecular weight excluding hydrogens is 279 g/mol. The van der Waals surface area contributed by atoms with Crippen molar-refractivity contribution in [2.24, 2.45) is 0 Å². The van der Waals surface area contributed by atoms with Crippen LogP contribution in [0.3, 0.4) is 0 Å². The maximum Gasteiger partial charge on any atom is 0.337 e. The number of benzene rings is 1. The molecule has 0 bridgehead atoms. The molecule has 0 unspecified atom stereocenters. The molecule has 0 saturated carbocycles. The van der Waals surface area contributed by atoms with Gasteiger partial charge in [0.15, 0.2) is 0 Å². The number of carbonyl (C=O) groups is 2. The monoisotopic (exact) mass is 298 g/mol. The van der Waals surface area contributed by atoms with Gasteiger partial charge in [-0.15, -0.1) is 0 Å². The summed E-state index contributed by atoms with van der Waals surface area (Å²) in [5, 5.41) is 13.8. The van der Waals surface area contributed by atoms with Gasteiger partial charge in [0.2, 0.25) is 0 Å². The fraction of sp³-hybridized carbons (Fsp3) is 0.429. The van der Waals surface area contributed by atoms with E-state index in [0.717, 1.165) is 25.0 Å². The Morgan fingerprint density at radius 3 is 2.76 bits per heavy atom. The van der Waals surface area contributed by atoms with E-state index in [9.17, 15) is 14.0 Å². The first-order valence-corrected chi connectivity index (χ1v) is 6.70. The minimum atomic E-state index is -1.31. The Kier molecular flexibility index (Phi) is 7.17. The maximum absolute atomic E-state index is 13.0. The van der Waals surface area contributed by atoms with Crippen LogP contribution in [0.1, 0.15) is 30.1 Å². The molecule has 0 spiro atoms. The number of anilines is 1. The van der Waals surface area contributed by atoms with Gasteiger partial charge in [0.25, 0.3) is 0 Å². The van der Waals surface area contributed by atoms with Crippen molar-refractivity contribution >= 4 is 17.7 Å². The maximum atomic E-state index is 13.0. The summed E-state index contributed by atoms with van der Waals surface area (Å²) in [6.45, 7) is 3.38. The normalized spacial score (nSPS) is 10.2. The average Bonchev–Trinajstić information content (AvgIpc) is 2.44. The number of hydrogen-bond donors (Lipinski definition) is 3. The second kappa shape index (κ2) is 8.91. The fourth-order valence-electron chi connectivity index (χ4n) is 1.55. The quantitative estimate of drug-likeness (QED) is 0.643. The number of nitrogens with one attached hydrogen (secondary N) is 2. The predicted octanol–water partition coefficient (Wildman–Crippen LogP) is 2.46. The number of carbonyl (C=O) groups excluding carboxylic acids is 1. The predicted molar refractivity (Wildman–Crippen MR) is 76.1 cm³/mol. The third-order valence-corrected chi connectivity index (χ3v) is 2.63. The number of unbranched alkanes of at least 4 members (excludes halogenated alkanes) is 1. The van der Waals surface area contributed by atoms with Gasteiger partial charge in [0.1, 0.15) is 5.82 Å². The van der Waals surface area contributed by atoms with Crippen molar-refractivity contribution < 1.29 is 23.8 Å². The molecule has 1 aromatic rings. The van der Waals surface area contributed by atoms with E-state index >= 15 is 0 Å². The van der Waals surface area contributed by atoms with Crippen molar-refractivity contribution in [1.29, 1.82) is 0 Å². The first kappa shape index (κ1) is 16.9. The van der Waals surface area contributed by atoms with Crippen LogP contribution in [0.5, 0.6) is 0 Å². The summed E-state index contributed by atoms with van der Waals surface area (Å²) in [4.78, 5) is 22.6. The van der Waals surface area contributed by atoms with Gasteiger partial charge in [0.05, 0.1) is 17.9 Å². The molecule has 1 aromatic carbocycles. The van der Waals surface area contributed by atoms with Gasteiger partial charge in [-0.05, 0) is 24.6 Å². The highest BCUT2D eigenvalue weighted by Gasteiger charge is 2.13. The minimum absolute atomic E-state index is 0.0355. The first-order valence-electron chi connectivity index (χ1n) is 6.70. The number of hydrogen-bond acceptors (Lipinski definition) is 3. The summed E-state index contributed by atoms with van der Waals surface area (Å²) in [6.07, 6.45) is 2.00. The molecule has 0 aliphatic carbocycles. The lowest BCUT2D eigenvalue weighted by Gasteiger charge is -2.10. The summed E-state index contributed by atoms with van der Waals surface area (Å²) in [6, 6.07) is 2.57. The zero-order valence-electron chi connectivity index (χ0n) is 11.8. The standard InChI is InChI=1S/C14H19FN2O4/c1-2-3-7-21-8-6-16-14(20)17-12-5-4-10(15)9-11(12)13(18)19/h4-5,9H,2-3,6-8H2,1H3,(H,18,19)(H2,16,17,20). The second-order valence-corrected chi connectivity index (χ2v) is 4.34. The van der Waals surface area contributed by atoms with E-state index in [-0.39, 0.29) is 11.3 Å². The molecule has 6 nitrogen and oxygen atoms in total. The summed E-state index contributed by atoms with van der Waals surface area (Å²) in [7, 11) is 0. The fourth-order valence-corrected chi connectivity index (χ4v) is 1.55. The van der Waals surface area contributed by atoms with E-state index in [1.54, 1.807) is 0 Å². The lowest BCUT2D eigenvalue weighted by molar-refractivity contribution is 0.0697. The molecule has 0 radical (unpaired) electrons. The van der Waals surface area contributed by atoms with Crippen LogP contribution in [-0.4, -0.2) is 36.9 Å². The van der Waals surface area contributed by atoms with Crippen LogP contribution < -0.4 is 10.6 Å². The van der Waals surface area contributed by atoms with Crippen molar-refractivity contribution in [2.45, 2.75) is 19.8 Å². The van der Waals surface area contributed by atoms with Gasteiger partial charge in [-0.1, -0.05) is 13.3 Å². The van der Waals surface area contributed by atoms with Crippen LogP contribution in [-0.2, 0) is 4.74 Å². The zero-order valence-corrected chi connectivity index (χ0v) is 11.8. The lowest BCUT2D eigenvalue weighted by atomic mass is 10.2. The minimum Gasteiger partial charge on any atom is -0.478 e. The Balaban J connectivity index is 2.43. The number of carboxylic acids is 1. The largest absolute Gasteiger partial charge is 0.478 e. The lowest BCUT2D eigenvalue weighted by Crippen LogP contribution is -2.32. The van der Waals surface area contributed by atoms with E-state index in [1.807, 2.05) is 0 Å². The van der Waals surface area contributed by atoms with E-state index in [4.69, 9.17) is 9.84 Å². The SMILES string of the molecule is CCCCOCCNC(=O)Nc1ccc(F)cc1C(=O)O. The topological polar surface area (TPSA) is 87.7 Å². The summed E-state index contributed by atoms with van der Waals surface area (Å²) in [5.74, 6) is -1.99. The third-order valence-electron chi connectivity index (χ3n) is 2.63. The molecule has 7 heteroatoms. The van der Waals surface area contributed by atoms with E-state index in [2.05, 4.69) is 17.6 Å². The Morgan fingerprint density at radius 2 is 2.10 bits per heavy atom. The van der Waals surface area contributed by atoms with E-state index < -0.39 is 17.8 Å². The van der Waals surface area contributed by atoms with Crippen LogP contribution in [0.25, 0.3) is 0 Å². The molecule has 1 rings (SSSR count). The molecule has 2 amide bonds. The number of halogens is 1. The molecule has 0 atom stereocenters. The van der Waals surface area contributed by atoms with Gasteiger partial charge in [-0.2, -0.15) is 0 Å². The number of urea groups is 1. The molecule has 0 fully saturated rings. The van der Waals surface area contributed by atoms with Crippen LogP contribution in [0, 0.1) is 5.82 Å². The molecule has 116 valence electrons. The molecule has 0 aromatic heterocycles. The van der Waals surface area contributed by atoms with Crippen molar-refractivity contribution in [2.75, 3.05) is 25.1 Å². The van der Waals surface area contributed by atoms with E-state index in [0.29, 0.717) is 19.8 Å². The number of carboxylic acid groups (broad SMARTS) is 1. The summed E-state index contributed by atoms with van der Waals surface area (Å²) >= 11 is 0. The number of aromatic carboxylic acids is 1. The van der Waals surface area contributed by atoms with Crippen molar-refractivity contribution in [3.8, 4) is 0 Å². The highest BCUT2D eigenvalue weighted by molar-refractivity contribution is 5.99. The zero-order chi connectivity index (χ0) is 15.7. The highest BCUT2D eigenvalue weighted by atomic mass is 19.1. The Bertz CT molecular complexity index is 494. The molecule has 21 heavy (non-hydrogen) atoms. The average molecular weight is 298 g/mol. The molecule has 0 heterocycles. The molecular formula is C14H19FN2O4. The van der Waals surface area contributed by atoms with Crippen molar-refractivity contribution in [3.05, 3.63) is 29.6 Å². The van der Waals surface area contributed by atoms with Crippen LogP contribution >= 0.6 is 0 Å². The number of rotatable bonds is 8. The molecule has 0 aliphatic heterocycles. The van der Waals surface area contributed by atoms with Gasteiger partial charge >= 0.3 is 12.0 Å². The summed E-state index contributed by atoms with van der Waals surface area (Å²) in [5.41, 5.74) is -0.266. The van der Waals surface area contributed by atoms with Gasteiger partial charge < -0.3 is 20.5 Å². The Labute approximate surface area is 122 Å². The Hall–Kier alpha value is -2.15. The third kappa shape index (κ3) is 6.22. The number of amides is 2. The van der Waals surface area contributed by atoms with Gasteiger partial charge in [-0.3, -0.25) is 0 Å². The van der Waals surface area contributed by atoms with E-state index in [1.165, 1.54) is 6.07 Å². The van der Waals surface area contributed by atoms with Crippen molar-refractivity contribution in [1.82, 2.24) is 5.32 Å². The molecule has 3 N–H and O–H groups in total. The van der Waals surface area contributed by atoms with Gasteiger partial charge in [-0.25, -0.2) is 14.0 Å². The summed E-state index contributed by atoms with van der Waals surface area (Å²) < 4.78 is 18.3. The smallest absolute Gasteiger partial charge is 0.337 e. The second-order valence-electron chi connectivity index (χ2n) is 4.34. The van der Waals surface area contributed by atoms with Crippen LogP contribution in [0.15, 0.2) is 18.2 Å². The van der Waals surface area contributed by atoms with Gasteiger partial charge in [0, 0.05) is 13.2 Å².